The molecule has 0 heterocycles. The number of rotatable bonds is 5. The molecular weight excluding hydrogens is 306 g/mol. The standard InChI is InChI=1S/C8H7N7O7/c9-8(12-15(21)22)11-10-3-4-1-5(13(17)18)2-6(7(4)16)14(19)20/h1-3,16H,(H3,9,11,12)/b10-3-. The molecule has 0 fully saturated rings. The zero-order valence-corrected chi connectivity index (χ0v) is 10.4. The van der Waals surface area contributed by atoms with Gasteiger partial charge in [-0.05, 0) is 0 Å². The van der Waals surface area contributed by atoms with Crippen LogP contribution >= 0.6 is 0 Å². The minimum Gasteiger partial charge on any atom is -0.502 e. The van der Waals surface area contributed by atoms with Gasteiger partial charge in [-0.15, -0.1) is 0 Å². The third kappa shape index (κ3) is 4.08. The van der Waals surface area contributed by atoms with E-state index in [0.717, 1.165) is 12.3 Å². The van der Waals surface area contributed by atoms with Gasteiger partial charge in [0.05, 0.1) is 27.7 Å². The summed E-state index contributed by atoms with van der Waals surface area (Å²) in [6, 6.07) is 1.39. The summed E-state index contributed by atoms with van der Waals surface area (Å²) in [5.41, 5.74) is 5.00. The Balaban J connectivity index is 3.16. The van der Waals surface area contributed by atoms with Crippen molar-refractivity contribution in [2.75, 3.05) is 0 Å². The third-order valence-electron chi connectivity index (χ3n) is 2.08. The summed E-state index contributed by atoms with van der Waals surface area (Å²) in [5, 5.41) is 45.8. The number of phenolic OH excluding ortho intramolecular Hbond substituents is 1. The molecule has 4 N–H and O–H groups in total. The van der Waals surface area contributed by atoms with Crippen molar-refractivity contribution in [3.05, 3.63) is 48.0 Å². The van der Waals surface area contributed by atoms with Crippen LogP contribution in [0.2, 0.25) is 0 Å². The molecule has 0 aliphatic rings. The van der Waals surface area contributed by atoms with Gasteiger partial charge in [0, 0.05) is 6.07 Å². The highest BCUT2D eigenvalue weighted by Gasteiger charge is 2.23. The monoisotopic (exact) mass is 313 g/mol. The van der Waals surface area contributed by atoms with E-state index in [1.54, 1.807) is 0 Å². The second-order valence-corrected chi connectivity index (χ2v) is 3.51. The van der Waals surface area contributed by atoms with Crippen molar-refractivity contribution in [2.45, 2.75) is 0 Å². The molecule has 0 aromatic heterocycles. The van der Waals surface area contributed by atoms with Crippen LogP contribution in [-0.2, 0) is 0 Å². The Labute approximate surface area is 120 Å². The number of nitrogens with one attached hydrogen (secondary N) is 1. The largest absolute Gasteiger partial charge is 0.502 e. The number of benzene rings is 1. The van der Waals surface area contributed by atoms with E-state index in [1.165, 1.54) is 0 Å². The predicted octanol–water partition coefficient (Wildman–Crippen LogP) is -0.362. The van der Waals surface area contributed by atoms with E-state index in [2.05, 4.69) is 10.2 Å². The first kappa shape index (κ1) is 16.2. The number of hydrazone groups is 2. The van der Waals surface area contributed by atoms with Gasteiger partial charge in [-0.3, -0.25) is 20.2 Å². The van der Waals surface area contributed by atoms with Crippen molar-refractivity contribution < 1.29 is 20.0 Å². The van der Waals surface area contributed by atoms with E-state index in [4.69, 9.17) is 5.73 Å². The highest BCUT2D eigenvalue weighted by atomic mass is 16.7. The van der Waals surface area contributed by atoms with Crippen molar-refractivity contribution >= 4 is 23.5 Å². The highest BCUT2D eigenvalue weighted by Crippen LogP contribution is 2.33. The Bertz CT molecular complexity index is 698. The first-order chi connectivity index (χ1) is 10.2. The van der Waals surface area contributed by atoms with Crippen molar-refractivity contribution in [1.82, 2.24) is 5.43 Å². The zero-order valence-electron chi connectivity index (χ0n) is 10.4. The fraction of sp³-hybridized carbons (Fsp3) is 0. The lowest BCUT2D eigenvalue weighted by atomic mass is 10.1. The molecule has 116 valence electrons. The van der Waals surface area contributed by atoms with Crippen LogP contribution in [0.3, 0.4) is 0 Å². The lowest BCUT2D eigenvalue weighted by Gasteiger charge is -2.01. The topological polar surface area (TPSA) is 212 Å². The van der Waals surface area contributed by atoms with Gasteiger partial charge < -0.3 is 10.8 Å². The molecule has 1 aromatic rings. The fourth-order valence-electron chi connectivity index (χ4n) is 1.25. The van der Waals surface area contributed by atoms with Gasteiger partial charge in [-0.1, -0.05) is 0 Å². The summed E-state index contributed by atoms with van der Waals surface area (Å²) in [4.78, 5) is 29.4. The van der Waals surface area contributed by atoms with E-state index in [0.29, 0.717) is 6.07 Å². The van der Waals surface area contributed by atoms with Crippen molar-refractivity contribution in [3.8, 4) is 5.75 Å². The summed E-state index contributed by atoms with van der Waals surface area (Å²) in [7, 11) is 0. The molecule has 0 unspecified atom stereocenters. The molecule has 22 heavy (non-hydrogen) atoms. The molecule has 0 aliphatic heterocycles. The molecule has 0 saturated carbocycles. The minimum atomic E-state index is -1.10. The van der Waals surface area contributed by atoms with Crippen LogP contribution in [-0.4, -0.2) is 32.2 Å². The summed E-state index contributed by atoms with van der Waals surface area (Å²) in [6.45, 7) is 0. The number of nitrogens with two attached hydrogens (primary N) is 1. The van der Waals surface area contributed by atoms with Crippen LogP contribution < -0.4 is 11.2 Å². The number of hydrogen-bond acceptors (Lipinski definition) is 8. The summed E-state index contributed by atoms with van der Waals surface area (Å²) < 4.78 is 0. The van der Waals surface area contributed by atoms with E-state index in [9.17, 15) is 35.4 Å². The molecule has 14 nitrogen and oxygen atoms in total. The van der Waals surface area contributed by atoms with Gasteiger partial charge in [0.25, 0.3) is 11.6 Å². The van der Waals surface area contributed by atoms with Crippen LogP contribution in [0.4, 0.5) is 11.4 Å². The molecule has 0 saturated heterocycles. The molecule has 14 heteroatoms. The number of phenols is 1. The Hall–Kier alpha value is -3.84. The molecular formula is C8H7N7O7. The summed E-state index contributed by atoms with van der Waals surface area (Å²) in [5.74, 6) is -1.58. The molecule has 0 bridgehead atoms. The van der Waals surface area contributed by atoms with E-state index in [-0.39, 0.29) is 5.56 Å². The maximum Gasteiger partial charge on any atom is 0.318 e. The Morgan fingerprint density at radius 2 is 1.86 bits per heavy atom. The molecule has 0 radical (unpaired) electrons. The quantitative estimate of drug-likeness (QED) is 0.279. The van der Waals surface area contributed by atoms with Crippen LogP contribution in [0.25, 0.3) is 0 Å². The van der Waals surface area contributed by atoms with E-state index < -0.39 is 38.0 Å². The molecule has 0 spiro atoms. The minimum absolute atomic E-state index is 0.373. The second-order valence-electron chi connectivity index (χ2n) is 3.51. The number of hydrogen-bond donors (Lipinski definition) is 3. The van der Waals surface area contributed by atoms with Gasteiger partial charge in [0.15, 0.2) is 5.03 Å². The SMILES string of the molecule is N/C(=N\[N+](=O)[O-])N/N=C\c1cc([N+](=O)[O-])cc([N+](=O)[O-])c1O. The number of nitro benzene ring substituents is 2. The first-order valence-corrected chi connectivity index (χ1v) is 5.15. The van der Waals surface area contributed by atoms with Gasteiger partial charge in [-0.25, -0.2) is 15.5 Å². The fourth-order valence-corrected chi connectivity index (χ4v) is 1.25. The van der Waals surface area contributed by atoms with Crippen LogP contribution in [0, 0.1) is 30.3 Å². The number of aromatic hydroxyl groups is 1. The zero-order chi connectivity index (χ0) is 16.9. The van der Waals surface area contributed by atoms with Crippen LogP contribution in [0.15, 0.2) is 22.3 Å². The average molecular weight is 313 g/mol. The van der Waals surface area contributed by atoms with Gasteiger partial charge in [0.1, 0.15) is 5.10 Å². The van der Waals surface area contributed by atoms with Crippen molar-refractivity contribution in [3.63, 3.8) is 0 Å². The Kier molecular flexibility index (Phi) is 4.83. The first-order valence-electron chi connectivity index (χ1n) is 5.15. The van der Waals surface area contributed by atoms with Crippen molar-refractivity contribution in [1.29, 1.82) is 0 Å². The summed E-state index contributed by atoms with van der Waals surface area (Å²) in [6.07, 6.45) is 0.748. The molecule has 0 atom stereocenters. The average Bonchev–Trinajstić information content (AvgIpc) is 2.39. The number of nitrogens with zero attached hydrogens (tertiary/aromatic N) is 5. The van der Waals surface area contributed by atoms with Crippen LogP contribution in [0.5, 0.6) is 5.75 Å². The van der Waals surface area contributed by atoms with Gasteiger partial charge in [0.2, 0.25) is 5.75 Å². The van der Waals surface area contributed by atoms with E-state index >= 15 is 0 Å². The third-order valence-corrected chi connectivity index (χ3v) is 2.08. The smallest absolute Gasteiger partial charge is 0.318 e. The Morgan fingerprint density at radius 3 is 2.36 bits per heavy atom. The van der Waals surface area contributed by atoms with Gasteiger partial charge in [-0.2, -0.15) is 5.10 Å². The Morgan fingerprint density at radius 1 is 1.23 bits per heavy atom. The van der Waals surface area contributed by atoms with E-state index in [1.807, 2.05) is 5.43 Å². The molecule has 1 aromatic carbocycles. The molecule has 1 rings (SSSR count). The predicted molar refractivity (Wildman–Crippen MR) is 70.8 cm³/mol. The maximum absolute atomic E-state index is 10.7. The highest BCUT2D eigenvalue weighted by molar-refractivity contribution is 5.88. The lowest BCUT2D eigenvalue weighted by molar-refractivity contribution is -0.485. The normalized spacial score (nSPS) is 11.4. The second kappa shape index (κ2) is 6.55. The molecule has 0 aliphatic carbocycles. The lowest BCUT2D eigenvalue weighted by Crippen LogP contribution is -2.28. The maximum atomic E-state index is 10.7. The van der Waals surface area contributed by atoms with Crippen molar-refractivity contribution in [2.24, 2.45) is 15.9 Å². The summed E-state index contributed by atoms with van der Waals surface area (Å²) >= 11 is 0. The number of non-ortho nitro benzene ring substituents is 1. The number of guanidine groups is 1. The van der Waals surface area contributed by atoms with Gasteiger partial charge >= 0.3 is 5.69 Å². The molecule has 0 amide bonds. The number of nitro groups is 3. The van der Waals surface area contributed by atoms with Crippen LogP contribution in [0.1, 0.15) is 5.56 Å².